The van der Waals surface area contributed by atoms with Crippen molar-refractivity contribution in [1.82, 2.24) is 5.32 Å². The Morgan fingerprint density at radius 2 is 2.38 bits per heavy atom. The first-order chi connectivity index (χ1) is 3.81. The van der Waals surface area contributed by atoms with Gasteiger partial charge in [0, 0.05) is 6.54 Å². The monoisotopic (exact) mass is 111 g/mol. The molecule has 0 unspecified atom stereocenters. The van der Waals surface area contributed by atoms with Gasteiger partial charge in [0.25, 0.3) is 0 Å². The zero-order chi connectivity index (χ0) is 6.41. The molecule has 8 heavy (non-hydrogen) atoms. The minimum atomic E-state index is 0.950. The van der Waals surface area contributed by atoms with Gasteiger partial charge in [0.1, 0.15) is 0 Å². The van der Waals surface area contributed by atoms with E-state index in [4.69, 9.17) is 0 Å². The summed E-state index contributed by atoms with van der Waals surface area (Å²) in [6, 6.07) is 0. The zero-order valence-corrected chi connectivity index (χ0v) is 5.57. The van der Waals surface area contributed by atoms with Gasteiger partial charge in [0.05, 0.1) is 0 Å². The van der Waals surface area contributed by atoms with Crippen molar-refractivity contribution in [3.63, 3.8) is 0 Å². The van der Waals surface area contributed by atoms with Crippen molar-refractivity contribution >= 4 is 0 Å². The second kappa shape index (κ2) is 4.60. The van der Waals surface area contributed by atoms with Crippen LogP contribution in [-0.4, -0.2) is 13.6 Å². The third-order valence-electron chi connectivity index (χ3n) is 0.858. The average molecular weight is 111 g/mol. The van der Waals surface area contributed by atoms with Crippen LogP contribution < -0.4 is 5.32 Å². The summed E-state index contributed by atoms with van der Waals surface area (Å²) >= 11 is 0. The third kappa shape index (κ3) is 3.62. The molecule has 0 aliphatic carbocycles. The molecule has 0 saturated carbocycles. The predicted octanol–water partition coefficient (Wildman–Crippen LogP) is 1.34. The maximum Gasteiger partial charge on any atom is 0.0161 e. The Hall–Kier alpha value is -0.560. The summed E-state index contributed by atoms with van der Waals surface area (Å²) in [5.41, 5.74) is 1.31. The topological polar surface area (TPSA) is 12.0 Å². The summed E-state index contributed by atoms with van der Waals surface area (Å²) < 4.78 is 0. The van der Waals surface area contributed by atoms with Gasteiger partial charge in [-0.15, -0.1) is 0 Å². The van der Waals surface area contributed by atoms with Gasteiger partial charge in [-0.2, -0.15) is 0 Å². The summed E-state index contributed by atoms with van der Waals surface area (Å²) in [6.45, 7) is 6.60. The van der Waals surface area contributed by atoms with Crippen molar-refractivity contribution in [2.45, 2.75) is 6.92 Å². The van der Waals surface area contributed by atoms with E-state index in [0.717, 1.165) is 6.54 Å². The van der Waals surface area contributed by atoms with Crippen molar-refractivity contribution in [3.05, 3.63) is 24.3 Å². The van der Waals surface area contributed by atoms with Crippen molar-refractivity contribution in [2.75, 3.05) is 13.6 Å². The van der Waals surface area contributed by atoms with Crippen LogP contribution in [0, 0.1) is 0 Å². The Morgan fingerprint density at radius 1 is 1.75 bits per heavy atom. The van der Waals surface area contributed by atoms with Crippen molar-refractivity contribution in [3.8, 4) is 0 Å². The van der Waals surface area contributed by atoms with Gasteiger partial charge >= 0.3 is 0 Å². The number of hydrogen-bond donors (Lipinski definition) is 1. The van der Waals surface area contributed by atoms with E-state index in [9.17, 15) is 0 Å². The largest absolute Gasteiger partial charge is 0.316 e. The first kappa shape index (κ1) is 7.44. The lowest BCUT2D eigenvalue weighted by Gasteiger charge is -1.94. The van der Waals surface area contributed by atoms with Gasteiger partial charge in [-0.25, -0.2) is 0 Å². The van der Waals surface area contributed by atoms with E-state index in [0.29, 0.717) is 0 Å². The molecule has 0 aromatic carbocycles. The van der Waals surface area contributed by atoms with Crippen LogP contribution in [0.2, 0.25) is 0 Å². The first-order valence-electron chi connectivity index (χ1n) is 2.74. The number of allylic oxidation sites excluding steroid dienone is 2. The fourth-order valence-corrected chi connectivity index (χ4v) is 0.539. The highest BCUT2D eigenvalue weighted by atomic mass is 14.8. The standard InChI is InChI=1S/C7H13N/c1-4-5-7(2)6-8-3/h4-5,8H,1,6H2,2-3H3/b7-5+. The van der Waals surface area contributed by atoms with Gasteiger partial charge in [-0.3, -0.25) is 0 Å². The maximum atomic E-state index is 3.58. The maximum absolute atomic E-state index is 3.58. The Morgan fingerprint density at radius 3 is 2.75 bits per heavy atom. The van der Waals surface area contributed by atoms with E-state index in [1.54, 1.807) is 6.08 Å². The molecule has 0 rings (SSSR count). The summed E-state index contributed by atoms with van der Waals surface area (Å²) in [4.78, 5) is 0. The highest BCUT2D eigenvalue weighted by Gasteiger charge is 1.79. The lowest BCUT2D eigenvalue weighted by atomic mass is 10.3. The quantitative estimate of drug-likeness (QED) is 0.542. The Bertz CT molecular complexity index is 92.6. The third-order valence-corrected chi connectivity index (χ3v) is 0.858. The molecule has 0 radical (unpaired) electrons. The molecule has 0 saturated heterocycles. The fraction of sp³-hybridized carbons (Fsp3) is 0.429. The molecular weight excluding hydrogens is 98.1 g/mol. The molecule has 0 aromatic rings. The van der Waals surface area contributed by atoms with Gasteiger partial charge in [0.15, 0.2) is 0 Å². The minimum absolute atomic E-state index is 0.950. The van der Waals surface area contributed by atoms with Gasteiger partial charge in [-0.1, -0.05) is 24.3 Å². The molecule has 0 heterocycles. The van der Waals surface area contributed by atoms with Crippen LogP contribution in [0.1, 0.15) is 6.92 Å². The highest BCUT2D eigenvalue weighted by Crippen LogP contribution is 1.87. The molecule has 1 N–H and O–H groups in total. The van der Waals surface area contributed by atoms with E-state index >= 15 is 0 Å². The minimum Gasteiger partial charge on any atom is -0.316 e. The second-order valence-electron chi connectivity index (χ2n) is 1.78. The molecule has 1 nitrogen and oxygen atoms in total. The van der Waals surface area contributed by atoms with Crippen LogP contribution in [0.25, 0.3) is 0 Å². The fourth-order valence-electron chi connectivity index (χ4n) is 0.539. The van der Waals surface area contributed by atoms with E-state index < -0.39 is 0 Å². The second-order valence-corrected chi connectivity index (χ2v) is 1.78. The predicted molar refractivity (Wildman–Crippen MR) is 37.9 cm³/mol. The lowest BCUT2D eigenvalue weighted by Crippen LogP contribution is -2.07. The molecule has 0 atom stereocenters. The molecule has 0 aliphatic rings. The highest BCUT2D eigenvalue weighted by molar-refractivity contribution is 5.08. The Labute approximate surface area is 51.1 Å². The number of rotatable bonds is 3. The molecule has 0 bridgehead atoms. The molecule has 0 amide bonds. The van der Waals surface area contributed by atoms with Gasteiger partial charge in [-0.05, 0) is 14.0 Å². The number of hydrogen-bond acceptors (Lipinski definition) is 1. The van der Waals surface area contributed by atoms with E-state index in [1.165, 1.54) is 5.57 Å². The Balaban J connectivity index is 3.44. The van der Waals surface area contributed by atoms with E-state index in [2.05, 4.69) is 18.8 Å². The lowest BCUT2D eigenvalue weighted by molar-refractivity contribution is 0.880. The van der Waals surface area contributed by atoms with Crippen LogP contribution in [-0.2, 0) is 0 Å². The SMILES string of the molecule is C=C/C=C(\C)CNC. The summed E-state index contributed by atoms with van der Waals surface area (Å²) in [7, 11) is 1.93. The van der Waals surface area contributed by atoms with Crippen LogP contribution in [0.15, 0.2) is 24.3 Å². The Kier molecular flexibility index (Phi) is 4.27. The van der Waals surface area contributed by atoms with Gasteiger partial charge in [0.2, 0.25) is 0 Å². The molecule has 0 aromatic heterocycles. The van der Waals surface area contributed by atoms with Crippen LogP contribution >= 0.6 is 0 Å². The normalized spacial score (nSPS) is 11.5. The van der Waals surface area contributed by atoms with Crippen LogP contribution in [0.4, 0.5) is 0 Å². The first-order valence-corrected chi connectivity index (χ1v) is 2.74. The average Bonchev–Trinajstić information content (AvgIpc) is 1.68. The molecular formula is C7H13N. The zero-order valence-electron chi connectivity index (χ0n) is 5.57. The van der Waals surface area contributed by atoms with Crippen molar-refractivity contribution < 1.29 is 0 Å². The van der Waals surface area contributed by atoms with Crippen molar-refractivity contribution in [2.24, 2.45) is 0 Å². The van der Waals surface area contributed by atoms with E-state index in [-0.39, 0.29) is 0 Å². The van der Waals surface area contributed by atoms with Crippen molar-refractivity contribution in [1.29, 1.82) is 0 Å². The number of nitrogens with one attached hydrogen (secondary N) is 1. The summed E-state index contributed by atoms with van der Waals surface area (Å²) in [5.74, 6) is 0. The molecule has 46 valence electrons. The van der Waals surface area contributed by atoms with Crippen LogP contribution in [0.3, 0.4) is 0 Å². The molecule has 0 fully saturated rings. The molecule has 0 spiro atoms. The summed E-state index contributed by atoms with van der Waals surface area (Å²) in [5, 5.41) is 3.04. The number of likely N-dealkylation sites (N-methyl/N-ethyl adjacent to an activating group) is 1. The molecule has 0 aliphatic heterocycles. The molecule has 1 heteroatoms. The van der Waals surface area contributed by atoms with E-state index in [1.807, 2.05) is 13.1 Å². The summed E-state index contributed by atoms with van der Waals surface area (Å²) in [6.07, 6.45) is 3.79. The van der Waals surface area contributed by atoms with Crippen LogP contribution in [0.5, 0.6) is 0 Å². The van der Waals surface area contributed by atoms with Gasteiger partial charge < -0.3 is 5.32 Å². The smallest absolute Gasteiger partial charge is 0.0161 e.